The van der Waals surface area contributed by atoms with Crippen molar-refractivity contribution in [3.63, 3.8) is 0 Å². The van der Waals surface area contributed by atoms with Crippen LogP contribution in [0.4, 0.5) is 4.79 Å². The molecule has 0 fully saturated rings. The summed E-state index contributed by atoms with van der Waals surface area (Å²) in [6.07, 6.45) is 0.823. The number of carbonyl (C=O) groups is 3. The van der Waals surface area contributed by atoms with Crippen LogP contribution < -0.4 is 16.4 Å². The third-order valence-corrected chi connectivity index (χ3v) is 2.80. The maximum atomic E-state index is 12.0. The van der Waals surface area contributed by atoms with Crippen LogP contribution in [-0.2, 0) is 9.53 Å². The largest absolute Gasteiger partial charge is 0.467 e. The number of amides is 3. The molecule has 3 amide bonds. The summed E-state index contributed by atoms with van der Waals surface area (Å²) in [6.45, 7) is 0.323. The van der Waals surface area contributed by atoms with E-state index in [2.05, 4.69) is 15.4 Å². The molecule has 4 N–H and O–H groups in total. The molecule has 1 aromatic carbocycles. The van der Waals surface area contributed by atoms with Crippen molar-refractivity contribution in [2.75, 3.05) is 13.7 Å². The molecule has 1 aromatic rings. The number of esters is 1. The van der Waals surface area contributed by atoms with Gasteiger partial charge in [-0.3, -0.25) is 4.79 Å². The average molecular weight is 293 g/mol. The fourth-order valence-corrected chi connectivity index (χ4v) is 1.74. The van der Waals surface area contributed by atoms with Crippen molar-refractivity contribution in [1.82, 2.24) is 10.6 Å². The maximum absolute atomic E-state index is 12.0. The van der Waals surface area contributed by atoms with E-state index in [0.29, 0.717) is 24.9 Å². The Labute approximate surface area is 122 Å². The topological polar surface area (TPSA) is 111 Å². The van der Waals surface area contributed by atoms with Gasteiger partial charge in [0.25, 0.3) is 5.91 Å². The summed E-state index contributed by atoms with van der Waals surface area (Å²) >= 11 is 0. The minimum Gasteiger partial charge on any atom is -0.467 e. The third kappa shape index (κ3) is 5.94. The van der Waals surface area contributed by atoms with Gasteiger partial charge in [0, 0.05) is 12.1 Å². The Morgan fingerprint density at radius 3 is 2.48 bits per heavy atom. The molecule has 0 spiro atoms. The number of primary amides is 1. The van der Waals surface area contributed by atoms with Crippen molar-refractivity contribution < 1.29 is 19.1 Å². The summed E-state index contributed by atoms with van der Waals surface area (Å²) in [5.74, 6) is -0.882. The van der Waals surface area contributed by atoms with Crippen LogP contribution >= 0.6 is 0 Å². The van der Waals surface area contributed by atoms with Crippen molar-refractivity contribution in [2.45, 2.75) is 18.9 Å². The van der Waals surface area contributed by atoms with Crippen molar-refractivity contribution in [3.8, 4) is 0 Å². The lowest BCUT2D eigenvalue weighted by atomic mass is 10.1. The van der Waals surface area contributed by atoms with E-state index < -0.39 is 18.0 Å². The fraction of sp³-hybridized carbons (Fsp3) is 0.357. The number of methoxy groups -OCH3 is 1. The highest BCUT2D eigenvalue weighted by atomic mass is 16.5. The second-order valence-corrected chi connectivity index (χ2v) is 4.35. The molecule has 0 aliphatic heterocycles. The average Bonchev–Trinajstić information content (AvgIpc) is 2.50. The molecule has 7 heteroatoms. The van der Waals surface area contributed by atoms with Gasteiger partial charge in [-0.1, -0.05) is 18.2 Å². The van der Waals surface area contributed by atoms with Crippen LogP contribution in [0.2, 0.25) is 0 Å². The molecule has 21 heavy (non-hydrogen) atoms. The quantitative estimate of drug-likeness (QED) is 0.499. The third-order valence-electron chi connectivity index (χ3n) is 2.80. The van der Waals surface area contributed by atoms with Crippen LogP contribution in [0.15, 0.2) is 30.3 Å². The Hall–Kier alpha value is -2.57. The van der Waals surface area contributed by atoms with Gasteiger partial charge >= 0.3 is 12.0 Å². The van der Waals surface area contributed by atoms with Gasteiger partial charge in [-0.15, -0.1) is 0 Å². The number of benzene rings is 1. The van der Waals surface area contributed by atoms with Gasteiger partial charge in [0.05, 0.1) is 7.11 Å². The lowest BCUT2D eigenvalue weighted by Crippen LogP contribution is -2.42. The molecule has 114 valence electrons. The van der Waals surface area contributed by atoms with Crippen molar-refractivity contribution in [3.05, 3.63) is 35.9 Å². The van der Waals surface area contributed by atoms with Gasteiger partial charge in [0.2, 0.25) is 0 Å². The van der Waals surface area contributed by atoms with E-state index in [1.807, 2.05) is 0 Å². The molecule has 0 radical (unpaired) electrons. The Kier molecular flexibility index (Phi) is 6.73. The van der Waals surface area contributed by atoms with E-state index in [1.165, 1.54) is 7.11 Å². The Bertz CT molecular complexity index is 490. The lowest BCUT2D eigenvalue weighted by Gasteiger charge is -2.16. The van der Waals surface area contributed by atoms with Gasteiger partial charge in [-0.05, 0) is 25.0 Å². The number of nitrogens with one attached hydrogen (secondary N) is 2. The van der Waals surface area contributed by atoms with Gasteiger partial charge < -0.3 is 21.1 Å². The summed E-state index contributed by atoms with van der Waals surface area (Å²) in [5, 5.41) is 5.03. The van der Waals surface area contributed by atoms with Crippen molar-refractivity contribution in [2.24, 2.45) is 5.73 Å². The monoisotopic (exact) mass is 293 g/mol. The molecule has 0 aliphatic rings. The first-order valence-electron chi connectivity index (χ1n) is 6.51. The minimum atomic E-state index is -0.766. The molecule has 1 rings (SSSR count). The molecule has 1 unspecified atom stereocenters. The highest BCUT2D eigenvalue weighted by Gasteiger charge is 2.21. The van der Waals surface area contributed by atoms with Crippen molar-refractivity contribution >= 4 is 17.9 Å². The summed E-state index contributed by atoms with van der Waals surface area (Å²) < 4.78 is 4.66. The van der Waals surface area contributed by atoms with E-state index >= 15 is 0 Å². The smallest absolute Gasteiger partial charge is 0.328 e. The van der Waals surface area contributed by atoms with Crippen LogP contribution in [-0.4, -0.2) is 37.6 Å². The van der Waals surface area contributed by atoms with Crippen LogP contribution in [0.3, 0.4) is 0 Å². The molecule has 0 heterocycles. The minimum absolute atomic E-state index is 0.323. The fourth-order valence-electron chi connectivity index (χ4n) is 1.74. The number of carbonyl (C=O) groups excluding carboxylic acids is 3. The first kappa shape index (κ1) is 16.5. The second kappa shape index (κ2) is 8.57. The first-order valence-corrected chi connectivity index (χ1v) is 6.51. The van der Waals surface area contributed by atoms with E-state index in [9.17, 15) is 14.4 Å². The molecule has 1 atom stereocenters. The maximum Gasteiger partial charge on any atom is 0.328 e. The second-order valence-electron chi connectivity index (χ2n) is 4.35. The van der Waals surface area contributed by atoms with Gasteiger partial charge in [-0.2, -0.15) is 0 Å². The molecule has 0 bridgehead atoms. The van der Waals surface area contributed by atoms with E-state index in [1.54, 1.807) is 30.3 Å². The summed E-state index contributed by atoms with van der Waals surface area (Å²) in [5.41, 5.74) is 5.40. The predicted molar refractivity (Wildman–Crippen MR) is 76.5 cm³/mol. The molecule has 0 saturated heterocycles. The molecule has 0 aliphatic carbocycles. The Morgan fingerprint density at radius 1 is 1.24 bits per heavy atom. The number of rotatable bonds is 7. The summed E-state index contributed by atoms with van der Waals surface area (Å²) in [6, 6.07) is 7.17. The van der Waals surface area contributed by atoms with Crippen LogP contribution in [0.1, 0.15) is 23.2 Å². The number of urea groups is 1. The number of hydrogen-bond acceptors (Lipinski definition) is 4. The molecule has 0 saturated carbocycles. The van der Waals surface area contributed by atoms with Gasteiger partial charge in [0.15, 0.2) is 0 Å². The highest BCUT2D eigenvalue weighted by molar-refractivity contribution is 5.96. The van der Waals surface area contributed by atoms with E-state index in [0.717, 1.165) is 0 Å². The zero-order chi connectivity index (χ0) is 15.7. The molecular formula is C14H19N3O4. The van der Waals surface area contributed by atoms with Gasteiger partial charge in [0.1, 0.15) is 6.04 Å². The molecule has 0 aromatic heterocycles. The Morgan fingerprint density at radius 2 is 1.90 bits per heavy atom. The lowest BCUT2D eigenvalue weighted by molar-refractivity contribution is -0.143. The van der Waals surface area contributed by atoms with Gasteiger partial charge in [-0.25, -0.2) is 9.59 Å². The number of ether oxygens (including phenoxy) is 1. The van der Waals surface area contributed by atoms with Crippen LogP contribution in [0.5, 0.6) is 0 Å². The first-order chi connectivity index (χ1) is 10.0. The Balaban J connectivity index is 2.55. The summed E-state index contributed by atoms with van der Waals surface area (Å²) in [4.78, 5) is 34.2. The number of hydrogen-bond donors (Lipinski definition) is 3. The predicted octanol–water partition coefficient (Wildman–Crippen LogP) is 0.407. The zero-order valence-electron chi connectivity index (χ0n) is 11.8. The molecule has 7 nitrogen and oxygen atoms in total. The van der Waals surface area contributed by atoms with Crippen LogP contribution in [0.25, 0.3) is 0 Å². The zero-order valence-corrected chi connectivity index (χ0v) is 11.8. The molecular weight excluding hydrogens is 274 g/mol. The van der Waals surface area contributed by atoms with Crippen LogP contribution in [0, 0.1) is 0 Å². The normalized spacial score (nSPS) is 11.3. The van der Waals surface area contributed by atoms with Crippen molar-refractivity contribution in [1.29, 1.82) is 0 Å². The standard InChI is InChI=1S/C14H19N3O4/c1-21-13(19)11(8-5-9-16-14(15)20)17-12(18)10-6-3-2-4-7-10/h2-4,6-7,11H,5,8-9H2,1H3,(H,17,18)(H3,15,16,20). The van der Waals surface area contributed by atoms with E-state index in [-0.39, 0.29) is 5.91 Å². The highest BCUT2D eigenvalue weighted by Crippen LogP contribution is 2.03. The SMILES string of the molecule is COC(=O)C(CCCNC(N)=O)NC(=O)c1ccccc1. The summed E-state index contributed by atoms with van der Waals surface area (Å²) in [7, 11) is 1.26. The van der Waals surface area contributed by atoms with E-state index in [4.69, 9.17) is 5.73 Å². The number of nitrogens with two attached hydrogens (primary N) is 1.